The Kier molecular flexibility index (Phi) is 5.80. The number of pyridine rings is 1. The van der Waals surface area contributed by atoms with E-state index >= 15 is 0 Å². The minimum Gasteiger partial charge on any atom is -0.481 e. The van der Waals surface area contributed by atoms with Gasteiger partial charge in [0, 0.05) is 60.5 Å². The number of benzene rings is 1. The van der Waals surface area contributed by atoms with E-state index in [0.29, 0.717) is 31.0 Å². The zero-order valence-corrected chi connectivity index (χ0v) is 19.2. The number of aryl methyl sites for hydroxylation is 2. The summed E-state index contributed by atoms with van der Waals surface area (Å²) in [5.74, 6) is -0.553. The van der Waals surface area contributed by atoms with Crippen LogP contribution in [0.2, 0.25) is 0 Å². The maximum absolute atomic E-state index is 12.9. The number of fused-ring (bicyclic) bond motifs is 1. The van der Waals surface area contributed by atoms with Crippen molar-refractivity contribution in [3.05, 3.63) is 71.4 Å². The first-order valence-corrected chi connectivity index (χ1v) is 11.1. The number of ether oxygens (including phenoxy) is 1. The fraction of sp³-hybridized carbons (Fsp3) is 0.280. The van der Waals surface area contributed by atoms with Gasteiger partial charge in [-0.1, -0.05) is 18.2 Å². The van der Waals surface area contributed by atoms with Crippen LogP contribution in [-0.2, 0) is 11.2 Å². The Morgan fingerprint density at radius 3 is 2.60 bits per heavy atom. The summed E-state index contributed by atoms with van der Waals surface area (Å²) in [6.45, 7) is 1.76. The van der Waals surface area contributed by atoms with Crippen LogP contribution in [0.25, 0.3) is 16.8 Å². The molecule has 0 saturated carbocycles. The summed E-state index contributed by atoms with van der Waals surface area (Å²) in [6.07, 6.45) is 5.77. The van der Waals surface area contributed by atoms with E-state index in [0.717, 1.165) is 33.7 Å². The molecule has 0 bridgehead atoms. The summed E-state index contributed by atoms with van der Waals surface area (Å²) in [7, 11) is 0. The Hall–Kier alpha value is -4.08. The number of carboxylic acid groups (broad SMARTS) is 1. The molecule has 3 aromatic heterocycles. The molecule has 1 saturated heterocycles. The van der Waals surface area contributed by atoms with Crippen molar-refractivity contribution in [2.45, 2.75) is 26.9 Å². The molecule has 10 heteroatoms. The van der Waals surface area contributed by atoms with E-state index in [1.807, 2.05) is 35.4 Å². The van der Waals surface area contributed by atoms with Gasteiger partial charge in [-0.15, -0.1) is 0 Å². The zero-order chi connectivity index (χ0) is 24.7. The normalized spacial score (nSPS) is 13.9. The lowest BCUT2D eigenvalue weighted by atomic mass is 10.0. The van der Waals surface area contributed by atoms with Crippen molar-refractivity contribution in [1.29, 1.82) is 0 Å². The van der Waals surface area contributed by atoms with Gasteiger partial charge in [0.25, 0.3) is 0 Å². The van der Waals surface area contributed by atoms with Crippen LogP contribution in [0.4, 0.5) is 14.7 Å². The molecule has 1 aliphatic heterocycles. The first-order valence-electron chi connectivity index (χ1n) is 11.1. The molecule has 0 atom stereocenters. The molecule has 1 fully saturated rings. The fourth-order valence-electron chi connectivity index (χ4n) is 4.33. The standard InChI is InChI=1S/C25H23F2N5O3/c1-14-7-22-30-15(2)20(8-16-5-3-4-6-21(16)35-24(26)27)32(22)13-19(14)17-9-28-25(29-10-17)31-11-18(12-31)23(33)34/h3-7,9-10,13,18,24H,8,11-12H2,1-2H3,(H,33,34). The molecule has 180 valence electrons. The second-order valence-corrected chi connectivity index (χ2v) is 8.62. The summed E-state index contributed by atoms with van der Waals surface area (Å²) < 4.78 is 32.4. The number of imidazole rings is 1. The molecule has 5 rings (SSSR count). The molecule has 1 aliphatic rings. The molecule has 0 amide bonds. The van der Waals surface area contributed by atoms with Gasteiger partial charge >= 0.3 is 12.6 Å². The summed E-state index contributed by atoms with van der Waals surface area (Å²) in [4.78, 5) is 26.4. The van der Waals surface area contributed by atoms with E-state index in [-0.39, 0.29) is 11.7 Å². The monoisotopic (exact) mass is 479 g/mol. The summed E-state index contributed by atoms with van der Waals surface area (Å²) in [6, 6.07) is 8.72. The SMILES string of the molecule is Cc1cc2nc(C)c(Cc3ccccc3OC(F)F)n2cc1-c1cnc(N2CC(C(=O)O)C2)nc1. The van der Waals surface area contributed by atoms with E-state index in [1.165, 1.54) is 6.07 Å². The third kappa shape index (κ3) is 4.39. The smallest absolute Gasteiger partial charge is 0.387 e. The van der Waals surface area contributed by atoms with Gasteiger partial charge in [0.1, 0.15) is 11.4 Å². The molecule has 8 nitrogen and oxygen atoms in total. The molecular formula is C25H23F2N5O3. The van der Waals surface area contributed by atoms with Gasteiger partial charge in [0.2, 0.25) is 5.95 Å². The minimum absolute atomic E-state index is 0.143. The van der Waals surface area contributed by atoms with Crippen LogP contribution >= 0.6 is 0 Å². The predicted molar refractivity (Wildman–Crippen MR) is 125 cm³/mol. The fourth-order valence-corrected chi connectivity index (χ4v) is 4.33. The highest BCUT2D eigenvalue weighted by Gasteiger charge is 2.34. The van der Waals surface area contributed by atoms with Crippen LogP contribution in [0.5, 0.6) is 5.75 Å². The highest BCUT2D eigenvalue weighted by atomic mass is 19.3. The lowest BCUT2D eigenvalue weighted by Crippen LogP contribution is -2.51. The maximum atomic E-state index is 12.9. The molecular weight excluding hydrogens is 456 g/mol. The molecule has 4 heterocycles. The lowest BCUT2D eigenvalue weighted by Gasteiger charge is -2.36. The van der Waals surface area contributed by atoms with E-state index in [2.05, 4.69) is 15.0 Å². The summed E-state index contributed by atoms with van der Waals surface area (Å²) in [5.41, 5.74) is 5.76. The number of anilines is 1. The number of aromatic nitrogens is 4. The van der Waals surface area contributed by atoms with Crippen LogP contribution in [0.1, 0.15) is 22.5 Å². The quantitative estimate of drug-likeness (QED) is 0.426. The van der Waals surface area contributed by atoms with Crippen LogP contribution in [-0.4, -0.2) is 50.1 Å². The highest BCUT2D eigenvalue weighted by molar-refractivity contribution is 5.74. The Morgan fingerprint density at radius 2 is 1.91 bits per heavy atom. The lowest BCUT2D eigenvalue weighted by molar-refractivity contribution is -0.142. The van der Waals surface area contributed by atoms with Gasteiger partial charge in [-0.2, -0.15) is 8.78 Å². The molecule has 0 spiro atoms. The molecule has 0 unspecified atom stereocenters. The first kappa shape index (κ1) is 22.7. The topological polar surface area (TPSA) is 92.9 Å². The molecule has 0 aliphatic carbocycles. The Bertz CT molecular complexity index is 1400. The van der Waals surface area contributed by atoms with Crippen molar-refractivity contribution < 1.29 is 23.4 Å². The van der Waals surface area contributed by atoms with Gasteiger partial charge < -0.3 is 19.1 Å². The Labute approximate surface area is 199 Å². The van der Waals surface area contributed by atoms with Crippen molar-refractivity contribution >= 4 is 17.6 Å². The second kappa shape index (κ2) is 8.94. The minimum atomic E-state index is -2.90. The average Bonchev–Trinajstić information content (AvgIpc) is 3.07. The van der Waals surface area contributed by atoms with Crippen molar-refractivity contribution in [1.82, 2.24) is 19.4 Å². The molecule has 1 N–H and O–H groups in total. The molecule has 4 aromatic rings. The zero-order valence-electron chi connectivity index (χ0n) is 19.2. The van der Waals surface area contributed by atoms with E-state index in [9.17, 15) is 13.6 Å². The first-order chi connectivity index (χ1) is 16.8. The van der Waals surface area contributed by atoms with E-state index < -0.39 is 12.6 Å². The Balaban J connectivity index is 1.46. The van der Waals surface area contributed by atoms with Crippen molar-refractivity contribution in [3.8, 4) is 16.9 Å². The van der Waals surface area contributed by atoms with Crippen LogP contribution in [0.15, 0.2) is 48.9 Å². The number of aliphatic carboxylic acids is 1. The van der Waals surface area contributed by atoms with Crippen molar-refractivity contribution in [3.63, 3.8) is 0 Å². The van der Waals surface area contributed by atoms with Crippen LogP contribution in [0, 0.1) is 19.8 Å². The number of carboxylic acids is 1. The Morgan fingerprint density at radius 1 is 1.20 bits per heavy atom. The number of hydrogen-bond acceptors (Lipinski definition) is 6. The van der Waals surface area contributed by atoms with Crippen LogP contribution < -0.4 is 9.64 Å². The van der Waals surface area contributed by atoms with Gasteiger partial charge in [0.05, 0.1) is 11.6 Å². The third-order valence-corrected chi connectivity index (χ3v) is 6.28. The number of para-hydroxylation sites is 1. The summed E-state index contributed by atoms with van der Waals surface area (Å²) in [5, 5.41) is 9.06. The number of carbonyl (C=O) groups is 1. The van der Waals surface area contributed by atoms with Crippen LogP contribution in [0.3, 0.4) is 0 Å². The largest absolute Gasteiger partial charge is 0.481 e. The van der Waals surface area contributed by atoms with E-state index in [1.54, 1.807) is 30.6 Å². The number of hydrogen-bond donors (Lipinski definition) is 1. The number of halogens is 2. The predicted octanol–water partition coefficient (Wildman–Crippen LogP) is 4.12. The highest BCUT2D eigenvalue weighted by Crippen LogP contribution is 2.29. The van der Waals surface area contributed by atoms with Gasteiger partial charge in [-0.05, 0) is 31.5 Å². The number of alkyl halides is 2. The number of rotatable bonds is 7. The van der Waals surface area contributed by atoms with Gasteiger partial charge in [-0.3, -0.25) is 4.79 Å². The van der Waals surface area contributed by atoms with Gasteiger partial charge in [-0.25, -0.2) is 15.0 Å². The molecule has 0 radical (unpaired) electrons. The van der Waals surface area contributed by atoms with E-state index in [4.69, 9.17) is 9.84 Å². The average molecular weight is 479 g/mol. The maximum Gasteiger partial charge on any atom is 0.387 e. The summed E-state index contributed by atoms with van der Waals surface area (Å²) >= 11 is 0. The van der Waals surface area contributed by atoms with Crippen molar-refractivity contribution in [2.24, 2.45) is 5.92 Å². The second-order valence-electron chi connectivity index (χ2n) is 8.62. The number of nitrogens with zero attached hydrogens (tertiary/aromatic N) is 5. The molecule has 1 aromatic carbocycles. The molecule has 35 heavy (non-hydrogen) atoms. The van der Waals surface area contributed by atoms with Crippen molar-refractivity contribution in [2.75, 3.05) is 18.0 Å². The van der Waals surface area contributed by atoms with Gasteiger partial charge in [0.15, 0.2) is 0 Å². The third-order valence-electron chi connectivity index (χ3n) is 6.28.